The van der Waals surface area contributed by atoms with Gasteiger partial charge in [-0.25, -0.2) is 9.78 Å². The lowest BCUT2D eigenvalue weighted by Crippen LogP contribution is -2.50. The molecule has 0 aliphatic heterocycles. The van der Waals surface area contributed by atoms with Crippen molar-refractivity contribution in [1.29, 1.82) is 0 Å². The summed E-state index contributed by atoms with van der Waals surface area (Å²) < 4.78 is 10.9. The number of nitrogens with one attached hydrogen (secondary N) is 1. The predicted molar refractivity (Wildman–Crippen MR) is 152 cm³/mol. The molecule has 5 aromatic rings. The van der Waals surface area contributed by atoms with E-state index in [-0.39, 0.29) is 18.9 Å². The molecule has 3 aromatic heterocycles. The largest absolute Gasteiger partial charge is 0.464 e. The molecule has 3 heterocycles. The van der Waals surface area contributed by atoms with Gasteiger partial charge >= 0.3 is 6.09 Å². The van der Waals surface area contributed by atoms with Gasteiger partial charge in [-0.2, -0.15) is 0 Å². The van der Waals surface area contributed by atoms with E-state index in [4.69, 9.17) is 9.15 Å². The van der Waals surface area contributed by atoms with E-state index in [0.717, 1.165) is 32.7 Å². The van der Waals surface area contributed by atoms with Crippen molar-refractivity contribution in [1.82, 2.24) is 20.2 Å². The fourth-order valence-electron chi connectivity index (χ4n) is 4.20. The smallest absolute Gasteiger partial charge is 0.408 e. The Morgan fingerprint density at radius 2 is 1.95 bits per heavy atom. The van der Waals surface area contributed by atoms with E-state index in [1.165, 1.54) is 28.2 Å². The maximum Gasteiger partial charge on any atom is 0.408 e. The molecule has 5 rings (SSSR count). The van der Waals surface area contributed by atoms with Gasteiger partial charge in [0.2, 0.25) is 5.91 Å². The summed E-state index contributed by atoms with van der Waals surface area (Å²) >= 11 is 2.94. The molecule has 0 fully saturated rings. The van der Waals surface area contributed by atoms with Crippen molar-refractivity contribution < 1.29 is 18.7 Å². The minimum Gasteiger partial charge on any atom is -0.464 e. The van der Waals surface area contributed by atoms with Crippen LogP contribution >= 0.6 is 22.7 Å². The number of rotatable bonds is 11. The van der Waals surface area contributed by atoms with Crippen LogP contribution in [0.1, 0.15) is 27.3 Å². The number of hydrogen-bond donors (Lipinski definition) is 1. The second-order valence-corrected chi connectivity index (χ2v) is 10.9. The van der Waals surface area contributed by atoms with E-state index in [0.29, 0.717) is 19.5 Å². The van der Waals surface area contributed by atoms with Gasteiger partial charge < -0.3 is 19.4 Å². The molecule has 1 atom stereocenters. The van der Waals surface area contributed by atoms with E-state index in [1.807, 2.05) is 36.6 Å². The molecule has 0 bridgehead atoms. The third kappa shape index (κ3) is 7.30. The molecule has 10 heteroatoms. The molecule has 0 unspecified atom stereocenters. The zero-order valence-electron chi connectivity index (χ0n) is 21.4. The van der Waals surface area contributed by atoms with E-state index >= 15 is 0 Å². The van der Waals surface area contributed by atoms with Crippen LogP contribution in [0.5, 0.6) is 0 Å². The summed E-state index contributed by atoms with van der Waals surface area (Å²) in [6, 6.07) is 14.9. The number of amides is 2. The van der Waals surface area contributed by atoms with Crippen LogP contribution in [0.3, 0.4) is 0 Å². The van der Waals surface area contributed by atoms with E-state index in [2.05, 4.69) is 39.6 Å². The van der Waals surface area contributed by atoms with Crippen LogP contribution in [-0.4, -0.2) is 39.5 Å². The van der Waals surface area contributed by atoms with Crippen molar-refractivity contribution in [2.24, 2.45) is 0 Å². The van der Waals surface area contributed by atoms with Crippen LogP contribution in [0.25, 0.3) is 11.0 Å². The number of thiazole rings is 2. The topological polar surface area (TPSA) is 97.6 Å². The number of aromatic nitrogens is 2. The van der Waals surface area contributed by atoms with Crippen LogP contribution in [0.15, 0.2) is 81.8 Å². The molecule has 2 amide bonds. The van der Waals surface area contributed by atoms with Crippen LogP contribution in [0.2, 0.25) is 0 Å². The van der Waals surface area contributed by atoms with Gasteiger partial charge in [-0.15, -0.1) is 22.7 Å². The van der Waals surface area contributed by atoms with Crippen molar-refractivity contribution in [2.75, 3.05) is 6.54 Å². The number of benzene rings is 2. The van der Waals surface area contributed by atoms with Crippen molar-refractivity contribution in [3.63, 3.8) is 0 Å². The zero-order valence-corrected chi connectivity index (χ0v) is 23.0. The lowest BCUT2D eigenvalue weighted by Gasteiger charge is -2.27. The minimum atomic E-state index is -0.832. The standard InChI is InChI=1S/C29H28N4O4S2/c1-20-2-4-21(5-3-20)8-10-33(15-25-14-30-18-39-25)28(34)26(13-24-17-38-19-31-24)32-29(35)37-16-22-6-7-27-23(12-22)9-11-36-27/h2-7,9,11-12,14,17-19,26H,8,10,13,15-16H2,1H3,(H,32,35)/t26-/m0/s1. The molecule has 0 aliphatic rings. The molecule has 0 saturated carbocycles. The van der Waals surface area contributed by atoms with Gasteiger partial charge in [0.15, 0.2) is 0 Å². The Kier molecular flexibility index (Phi) is 8.65. The maximum absolute atomic E-state index is 13.9. The van der Waals surface area contributed by atoms with Gasteiger partial charge in [0.05, 0.1) is 29.5 Å². The van der Waals surface area contributed by atoms with Gasteiger partial charge in [0, 0.05) is 34.8 Å². The van der Waals surface area contributed by atoms with Gasteiger partial charge in [-0.3, -0.25) is 9.78 Å². The SMILES string of the molecule is Cc1ccc(CCN(Cc2cncs2)C(=O)[C@H](Cc2cscn2)NC(=O)OCc2ccc3occc3c2)cc1. The molecule has 200 valence electrons. The third-order valence-electron chi connectivity index (χ3n) is 6.31. The van der Waals surface area contributed by atoms with Gasteiger partial charge in [0.1, 0.15) is 18.2 Å². The fraction of sp³-hybridized carbons (Fsp3) is 0.241. The normalized spacial score (nSPS) is 11.8. The Morgan fingerprint density at radius 3 is 2.72 bits per heavy atom. The summed E-state index contributed by atoms with van der Waals surface area (Å²) in [4.78, 5) is 38.0. The number of furan rings is 1. The van der Waals surface area contributed by atoms with Crippen LogP contribution in [-0.2, 0) is 35.5 Å². The van der Waals surface area contributed by atoms with E-state index in [1.54, 1.807) is 28.4 Å². The summed E-state index contributed by atoms with van der Waals surface area (Å²) in [5.41, 5.74) is 8.12. The lowest BCUT2D eigenvalue weighted by molar-refractivity contribution is -0.134. The highest BCUT2D eigenvalue weighted by atomic mass is 32.1. The molecule has 2 aromatic carbocycles. The molecular formula is C29H28N4O4S2. The van der Waals surface area contributed by atoms with Crippen molar-refractivity contribution in [3.05, 3.63) is 105 Å². The number of nitrogens with zero attached hydrogens (tertiary/aromatic N) is 3. The second-order valence-electron chi connectivity index (χ2n) is 9.21. The van der Waals surface area contributed by atoms with Crippen molar-refractivity contribution >= 4 is 45.6 Å². The van der Waals surface area contributed by atoms with Gasteiger partial charge in [-0.05, 0) is 42.7 Å². The molecule has 0 spiro atoms. The van der Waals surface area contributed by atoms with Crippen molar-refractivity contribution in [2.45, 2.75) is 39.0 Å². The van der Waals surface area contributed by atoms with Crippen LogP contribution in [0.4, 0.5) is 4.79 Å². The van der Waals surface area contributed by atoms with Gasteiger partial charge in [0.25, 0.3) is 0 Å². The first-order valence-electron chi connectivity index (χ1n) is 12.5. The van der Waals surface area contributed by atoms with Crippen LogP contribution < -0.4 is 5.32 Å². The number of ether oxygens (including phenoxy) is 1. The fourth-order valence-corrected chi connectivity index (χ4v) is 5.38. The van der Waals surface area contributed by atoms with E-state index in [9.17, 15) is 9.59 Å². The Bertz CT molecular complexity index is 1500. The Balaban J connectivity index is 1.29. The molecule has 0 saturated heterocycles. The summed E-state index contributed by atoms with van der Waals surface area (Å²) in [5, 5.41) is 5.62. The first kappa shape index (κ1) is 26.6. The second kappa shape index (κ2) is 12.7. The highest BCUT2D eigenvalue weighted by Gasteiger charge is 2.28. The number of carbonyl (C=O) groups excluding carboxylic acids is 2. The summed E-state index contributed by atoms with van der Waals surface area (Å²) in [6.07, 6.45) is 3.68. The minimum absolute atomic E-state index is 0.0720. The molecule has 0 aliphatic carbocycles. The number of carbonyl (C=O) groups is 2. The Morgan fingerprint density at radius 1 is 1.10 bits per heavy atom. The Labute approximate surface area is 234 Å². The summed E-state index contributed by atoms with van der Waals surface area (Å²) in [6.45, 7) is 3.02. The van der Waals surface area contributed by atoms with Crippen LogP contribution in [0, 0.1) is 6.92 Å². The highest BCUT2D eigenvalue weighted by Crippen LogP contribution is 2.18. The van der Waals surface area contributed by atoms with Crippen molar-refractivity contribution in [3.8, 4) is 0 Å². The molecular weight excluding hydrogens is 532 g/mol. The number of alkyl carbamates (subject to hydrolysis) is 1. The molecule has 1 N–H and O–H groups in total. The summed E-state index contributed by atoms with van der Waals surface area (Å²) in [7, 11) is 0. The van der Waals surface area contributed by atoms with E-state index < -0.39 is 12.1 Å². The zero-order chi connectivity index (χ0) is 27.0. The number of hydrogen-bond acceptors (Lipinski definition) is 8. The third-order valence-corrected chi connectivity index (χ3v) is 7.71. The summed E-state index contributed by atoms with van der Waals surface area (Å²) in [5.74, 6) is -0.194. The first-order chi connectivity index (χ1) is 19.0. The van der Waals surface area contributed by atoms with Gasteiger partial charge in [-0.1, -0.05) is 35.9 Å². The number of aryl methyl sites for hydroxylation is 1. The first-order valence-corrected chi connectivity index (χ1v) is 14.3. The molecule has 8 nitrogen and oxygen atoms in total. The highest BCUT2D eigenvalue weighted by molar-refractivity contribution is 7.09. The Hall–Kier alpha value is -4.02. The number of fused-ring (bicyclic) bond motifs is 1. The lowest BCUT2D eigenvalue weighted by atomic mass is 10.1. The quantitative estimate of drug-likeness (QED) is 0.221. The maximum atomic E-state index is 13.9. The molecule has 0 radical (unpaired) electrons. The average molecular weight is 561 g/mol. The monoisotopic (exact) mass is 560 g/mol. The predicted octanol–water partition coefficient (Wildman–Crippen LogP) is 5.76. The molecule has 39 heavy (non-hydrogen) atoms. The average Bonchev–Trinajstić information content (AvgIpc) is 3.73.